The molecule has 1 saturated heterocycles. The van der Waals surface area contributed by atoms with E-state index in [1.807, 2.05) is 6.07 Å². The summed E-state index contributed by atoms with van der Waals surface area (Å²) in [6, 6.07) is 6.53. The number of aliphatic carboxylic acids is 1. The van der Waals surface area contributed by atoms with Crippen molar-refractivity contribution < 1.29 is 32.1 Å². The second-order valence-electron chi connectivity index (χ2n) is 6.03. The summed E-state index contributed by atoms with van der Waals surface area (Å²) in [4.78, 5) is 37.1. The van der Waals surface area contributed by atoms with Gasteiger partial charge in [0.15, 0.2) is 11.8 Å². The van der Waals surface area contributed by atoms with E-state index in [0.717, 1.165) is 28.5 Å². The highest BCUT2D eigenvalue weighted by atomic mass is 32.2. The van der Waals surface area contributed by atoms with E-state index in [0.29, 0.717) is 0 Å². The van der Waals surface area contributed by atoms with E-state index in [1.165, 1.54) is 5.41 Å². The highest BCUT2D eigenvalue weighted by molar-refractivity contribution is 8.03. The van der Waals surface area contributed by atoms with Crippen molar-refractivity contribution in [3.63, 3.8) is 0 Å². The van der Waals surface area contributed by atoms with Crippen molar-refractivity contribution in [2.24, 2.45) is 0 Å². The summed E-state index contributed by atoms with van der Waals surface area (Å²) in [5, 5.41) is 12.6. The molecule has 2 heterocycles. The third kappa shape index (κ3) is 4.08. The lowest BCUT2D eigenvalue weighted by Gasteiger charge is -2.50. The first kappa shape index (κ1) is 19.2. The number of amides is 2. The van der Waals surface area contributed by atoms with Gasteiger partial charge in [-0.1, -0.05) is 30.3 Å². The van der Waals surface area contributed by atoms with E-state index in [2.05, 4.69) is 5.32 Å². The smallest absolute Gasteiger partial charge is 0.334 e. The van der Waals surface area contributed by atoms with Crippen molar-refractivity contribution in [1.82, 2.24) is 10.2 Å². The summed E-state index contributed by atoms with van der Waals surface area (Å²) in [6.45, 7) is 0. The highest BCUT2D eigenvalue weighted by Crippen LogP contribution is 2.40. The molecule has 0 aliphatic carbocycles. The fourth-order valence-electron chi connectivity index (χ4n) is 2.86. The molecule has 9 nitrogen and oxygen atoms in total. The first-order chi connectivity index (χ1) is 12.7. The van der Waals surface area contributed by atoms with Gasteiger partial charge in [0, 0.05) is 5.41 Å². The zero-order valence-electron chi connectivity index (χ0n) is 14.1. The normalized spacial score (nSPS) is 24.3. The third-order valence-electron chi connectivity index (χ3n) is 3.96. The molecule has 3 rings (SSSR count). The average Bonchev–Trinajstić information content (AvgIpc) is 2.58. The third-order valence-corrected chi connectivity index (χ3v) is 5.60. The number of hydrogen-bond donors (Lipinski definition) is 2. The van der Waals surface area contributed by atoms with Gasteiger partial charge in [0.2, 0.25) is 11.8 Å². The van der Waals surface area contributed by atoms with Crippen LogP contribution in [0.3, 0.4) is 0 Å². The van der Waals surface area contributed by atoms with Crippen molar-refractivity contribution >= 4 is 39.7 Å². The molecule has 0 bridgehead atoms. The van der Waals surface area contributed by atoms with Crippen molar-refractivity contribution in [2.75, 3.05) is 6.26 Å². The van der Waals surface area contributed by atoms with Crippen LogP contribution < -0.4 is 5.32 Å². The molecule has 2 amide bonds. The van der Waals surface area contributed by atoms with Crippen LogP contribution in [0, 0.1) is 0 Å². The Balaban J connectivity index is 1.72. The largest absolute Gasteiger partial charge is 0.479 e. The number of fused-ring (bicyclic) bond motifs is 1. The minimum atomic E-state index is -3.94. The first-order valence-electron chi connectivity index (χ1n) is 7.80. The number of carboxylic acid groups (broad SMARTS) is 1. The van der Waals surface area contributed by atoms with Crippen LogP contribution in [0.5, 0.6) is 0 Å². The predicted octanol–water partition coefficient (Wildman–Crippen LogP) is -0.100. The maximum absolute atomic E-state index is 12.4. The Bertz CT molecular complexity index is 914. The minimum Gasteiger partial charge on any atom is -0.479 e. The van der Waals surface area contributed by atoms with Crippen LogP contribution in [-0.2, 0) is 35.1 Å². The van der Waals surface area contributed by atoms with Crippen LogP contribution in [0.25, 0.3) is 0 Å². The number of carboxylic acids is 1. The fraction of sp³-hybridized carbons (Fsp3) is 0.312. The van der Waals surface area contributed by atoms with Crippen LogP contribution in [-0.4, -0.2) is 59.9 Å². The monoisotopic (exact) mass is 412 g/mol. The number of nitrogens with one attached hydrogen (secondary N) is 1. The Labute approximate surface area is 159 Å². The van der Waals surface area contributed by atoms with E-state index in [4.69, 9.17) is 4.18 Å². The van der Waals surface area contributed by atoms with Gasteiger partial charge in [-0.05, 0) is 5.56 Å². The Morgan fingerprint density at radius 3 is 2.56 bits per heavy atom. The Hall–Kier alpha value is -2.53. The number of rotatable bonds is 6. The van der Waals surface area contributed by atoms with Gasteiger partial charge in [0.05, 0.1) is 12.7 Å². The summed E-state index contributed by atoms with van der Waals surface area (Å²) in [5.74, 6) is -2.75. The van der Waals surface area contributed by atoms with Gasteiger partial charge in [-0.3, -0.25) is 9.59 Å². The number of hydrogen-bond acceptors (Lipinski definition) is 7. The lowest BCUT2D eigenvalue weighted by molar-refractivity contribution is -0.161. The van der Waals surface area contributed by atoms with Gasteiger partial charge in [-0.2, -0.15) is 8.42 Å². The van der Waals surface area contributed by atoms with Crippen molar-refractivity contribution in [2.45, 2.75) is 23.9 Å². The number of benzene rings is 1. The Morgan fingerprint density at radius 1 is 1.30 bits per heavy atom. The molecule has 3 atom stereocenters. The molecule has 2 N–H and O–H groups in total. The predicted molar refractivity (Wildman–Crippen MR) is 95.7 cm³/mol. The fourth-order valence-corrected chi connectivity index (χ4v) is 4.56. The standard InChI is InChI=1S/C16H16N2O7S2/c1-27(23,24)25-10-8-26-15-12(14(20)18(15)13(10)16(21)22)17-11(19)7-9-5-3-2-4-6-9/h2-6,8,12-13,15H,7H2,1H3,(H,17,19)(H,21,22)/t12?,13?,15-/m1/s1. The van der Waals surface area contributed by atoms with Crippen LogP contribution in [0.4, 0.5) is 0 Å². The van der Waals surface area contributed by atoms with Gasteiger partial charge in [0.1, 0.15) is 11.4 Å². The molecule has 1 aromatic carbocycles. The van der Waals surface area contributed by atoms with Gasteiger partial charge in [0.25, 0.3) is 0 Å². The molecule has 2 unspecified atom stereocenters. The second-order valence-corrected chi connectivity index (χ2v) is 8.59. The molecule has 144 valence electrons. The van der Waals surface area contributed by atoms with Gasteiger partial charge in [-0.25, -0.2) is 4.79 Å². The molecule has 0 saturated carbocycles. The maximum atomic E-state index is 12.4. The number of thioether (sulfide) groups is 1. The van der Waals surface area contributed by atoms with Gasteiger partial charge in [-0.15, -0.1) is 11.8 Å². The molecule has 11 heteroatoms. The summed E-state index contributed by atoms with van der Waals surface area (Å²) in [6.07, 6.45) is 0.872. The highest BCUT2D eigenvalue weighted by Gasteiger charge is 2.57. The van der Waals surface area contributed by atoms with Crippen LogP contribution in [0.1, 0.15) is 5.56 Å². The number of carbonyl (C=O) groups excluding carboxylic acids is 2. The number of carbonyl (C=O) groups is 3. The zero-order chi connectivity index (χ0) is 19.8. The molecule has 2 aliphatic heterocycles. The molecule has 0 aromatic heterocycles. The quantitative estimate of drug-likeness (QED) is 0.489. The molecule has 1 aromatic rings. The molecule has 0 spiro atoms. The number of β-lactam (4-membered cyclic amide) rings is 1. The SMILES string of the molecule is CS(=O)(=O)OC1=CS[C@@H]2C(NC(=O)Cc3ccccc3)C(=O)N2C1C(=O)O. The summed E-state index contributed by atoms with van der Waals surface area (Å²) in [5.41, 5.74) is 0.780. The topological polar surface area (TPSA) is 130 Å². The zero-order valence-corrected chi connectivity index (χ0v) is 15.7. The first-order valence-corrected chi connectivity index (χ1v) is 10.6. The lowest BCUT2D eigenvalue weighted by atomic mass is 10.0. The van der Waals surface area contributed by atoms with Crippen molar-refractivity contribution in [3.05, 3.63) is 47.1 Å². The molecular formula is C16H16N2O7S2. The summed E-state index contributed by atoms with van der Waals surface area (Å²) in [7, 11) is -3.94. The maximum Gasteiger partial charge on any atom is 0.334 e. The molecule has 2 aliphatic rings. The average molecular weight is 412 g/mol. The van der Waals surface area contributed by atoms with Crippen LogP contribution in [0.15, 0.2) is 41.5 Å². The van der Waals surface area contributed by atoms with Crippen molar-refractivity contribution in [1.29, 1.82) is 0 Å². The summed E-state index contributed by atoms with van der Waals surface area (Å²) >= 11 is 1.02. The molecule has 0 radical (unpaired) electrons. The van der Waals surface area contributed by atoms with Crippen molar-refractivity contribution in [3.8, 4) is 0 Å². The van der Waals surface area contributed by atoms with E-state index in [9.17, 15) is 27.9 Å². The Morgan fingerprint density at radius 2 is 1.96 bits per heavy atom. The van der Waals surface area contributed by atoms with Gasteiger partial charge < -0.3 is 19.5 Å². The van der Waals surface area contributed by atoms with Gasteiger partial charge >= 0.3 is 16.1 Å². The molecule has 1 fully saturated rings. The summed E-state index contributed by atoms with van der Waals surface area (Å²) < 4.78 is 27.3. The van der Waals surface area contributed by atoms with E-state index in [1.54, 1.807) is 24.3 Å². The number of nitrogens with zero attached hydrogens (tertiary/aromatic N) is 1. The van der Waals surface area contributed by atoms with Crippen LogP contribution >= 0.6 is 11.8 Å². The Kier molecular flexibility index (Phi) is 5.16. The van der Waals surface area contributed by atoms with E-state index in [-0.39, 0.29) is 18.1 Å². The molecule has 27 heavy (non-hydrogen) atoms. The molecular weight excluding hydrogens is 396 g/mol. The van der Waals surface area contributed by atoms with E-state index < -0.39 is 39.5 Å². The minimum absolute atomic E-state index is 0.0860. The lowest BCUT2D eigenvalue weighted by Crippen LogP contribution is -2.74. The second kappa shape index (κ2) is 7.24. The van der Waals surface area contributed by atoms with Crippen LogP contribution in [0.2, 0.25) is 0 Å². The van der Waals surface area contributed by atoms with E-state index >= 15 is 0 Å².